The Morgan fingerprint density at radius 1 is 1.58 bits per heavy atom. The van der Waals surface area contributed by atoms with Gasteiger partial charge in [0, 0.05) is 13.3 Å². The van der Waals surface area contributed by atoms with Crippen LogP contribution in [0.25, 0.3) is 0 Å². The number of rotatable bonds is 4. The van der Waals surface area contributed by atoms with E-state index in [0.29, 0.717) is 5.92 Å². The zero-order chi connectivity index (χ0) is 13.9. The Morgan fingerprint density at radius 3 is 2.95 bits per heavy atom. The zero-order valence-electron chi connectivity index (χ0n) is 11.5. The quantitative estimate of drug-likeness (QED) is 0.649. The van der Waals surface area contributed by atoms with E-state index in [4.69, 9.17) is 10.6 Å². The number of hydrazine groups is 1. The lowest BCUT2D eigenvalue weighted by molar-refractivity contribution is -0.0807. The van der Waals surface area contributed by atoms with Crippen LogP contribution in [0.4, 0.5) is 4.39 Å². The first-order valence-corrected chi connectivity index (χ1v) is 6.73. The maximum absolute atomic E-state index is 13.4. The fraction of sp³-hybridized carbons (Fsp3) is 0.643. The first-order valence-electron chi connectivity index (χ1n) is 6.73. The van der Waals surface area contributed by atoms with E-state index in [0.717, 1.165) is 24.8 Å². The maximum Gasteiger partial charge on any atom is 0.141 e. The van der Waals surface area contributed by atoms with Gasteiger partial charge in [0.05, 0.1) is 17.8 Å². The molecule has 2 rings (SSSR count). The van der Waals surface area contributed by atoms with Crippen molar-refractivity contribution in [2.75, 3.05) is 7.11 Å². The molecule has 19 heavy (non-hydrogen) atoms. The van der Waals surface area contributed by atoms with Crippen molar-refractivity contribution in [3.63, 3.8) is 0 Å². The van der Waals surface area contributed by atoms with Crippen molar-refractivity contribution >= 4 is 0 Å². The minimum absolute atomic E-state index is 0.247. The Labute approximate surface area is 113 Å². The molecule has 1 aliphatic rings. The maximum atomic E-state index is 13.4. The fourth-order valence-electron chi connectivity index (χ4n) is 3.25. The fourth-order valence-corrected chi connectivity index (χ4v) is 3.25. The molecule has 0 spiro atoms. The Hall–Kier alpha value is -1.04. The van der Waals surface area contributed by atoms with Gasteiger partial charge in [-0.15, -0.1) is 0 Å². The number of methoxy groups -OCH3 is 1. The van der Waals surface area contributed by atoms with E-state index >= 15 is 0 Å². The minimum Gasteiger partial charge on any atom is -0.376 e. The van der Waals surface area contributed by atoms with E-state index in [-0.39, 0.29) is 17.5 Å². The third-order valence-corrected chi connectivity index (χ3v) is 4.15. The van der Waals surface area contributed by atoms with Crippen LogP contribution in [0.5, 0.6) is 0 Å². The highest BCUT2D eigenvalue weighted by Crippen LogP contribution is 2.42. The zero-order valence-corrected chi connectivity index (χ0v) is 11.5. The van der Waals surface area contributed by atoms with E-state index in [1.807, 2.05) is 0 Å². The number of halogens is 1. The van der Waals surface area contributed by atoms with Crippen molar-refractivity contribution in [2.45, 2.75) is 44.2 Å². The summed E-state index contributed by atoms with van der Waals surface area (Å²) in [5.41, 5.74) is 3.14. The number of nitrogens with zero attached hydrogens (tertiary/aromatic N) is 1. The molecule has 1 aliphatic carbocycles. The number of aromatic nitrogens is 1. The van der Waals surface area contributed by atoms with Gasteiger partial charge in [-0.3, -0.25) is 16.3 Å². The van der Waals surface area contributed by atoms with Gasteiger partial charge < -0.3 is 4.74 Å². The van der Waals surface area contributed by atoms with Crippen LogP contribution in [0, 0.1) is 11.7 Å². The standard InChI is InChI=1S/C14H22FN3O/c1-10-4-3-5-14(7-10,19-2)13(18-16)11-6-12(15)9-17-8-11/h6,8-10,13,18H,3-5,7,16H2,1-2H3. The van der Waals surface area contributed by atoms with Crippen molar-refractivity contribution in [3.05, 3.63) is 29.8 Å². The molecule has 106 valence electrons. The summed E-state index contributed by atoms with van der Waals surface area (Å²) < 4.78 is 19.2. The lowest BCUT2D eigenvalue weighted by Gasteiger charge is -2.44. The Bertz CT molecular complexity index is 429. The summed E-state index contributed by atoms with van der Waals surface area (Å²) in [6.07, 6.45) is 6.96. The van der Waals surface area contributed by atoms with Gasteiger partial charge in [-0.25, -0.2) is 4.39 Å². The van der Waals surface area contributed by atoms with Gasteiger partial charge in [-0.05, 0) is 30.4 Å². The van der Waals surface area contributed by atoms with E-state index in [1.165, 1.54) is 18.7 Å². The largest absolute Gasteiger partial charge is 0.376 e. The van der Waals surface area contributed by atoms with Crippen LogP contribution in [0.1, 0.15) is 44.2 Å². The molecule has 0 bridgehead atoms. The van der Waals surface area contributed by atoms with Gasteiger partial charge in [0.1, 0.15) is 5.82 Å². The molecule has 1 heterocycles. The molecule has 3 unspecified atom stereocenters. The Balaban J connectivity index is 2.33. The average molecular weight is 267 g/mol. The molecule has 0 aromatic carbocycles. The van der Waals surface area contributed by atoms with E-state index in [1.54, 1.807) is 13.3 Å². The summed E-state index contributed by atoms with van der Waals surface area (Å²) in [7, 11) is 1.70. The summed E-state index contributed by atoms with van der Waals surface area (Å²) in [6.45, 7) is 2.21. The van der Waals surface area contributed by atoms with E-state index < -0.39 is 0 Å². The van der Waals surface area contributed by atoms with Crippen LogP contribution >= 0.6 is 0 Å². The highest BCUT2D eigenvalue weighted by molar-refractivity contribution is 5.20. The van der Waals surface area contributed by atoms with Crippen LogP contribution in [-0.2, 0) is 4.74 Å². The molecular weight excluding hydrogens is 245 g/mol. The minimum atomic E-state index is -0.387. The smallest absolute Gasteiger partial charge is 0.141 e. The highest BCUT2D eigenvalue weighted by Gasteiger charge is 2.42. The van der Waals surface area contributed by atoms with Gasteiger partial charge in [0.15, 0.2) is 0 Å². The normalized spacial score (nSPS) is 29.2. The van der Waals surface area contributed by atoms with Crippen LogP contribution < -0.4 is 11.3 Å². The van der Waals surface area contributed by atoms with Gasteiger partial charge in [-0.1, -0.05) is 19.8 Å². The van der Waals surface area contributed by atoms with Crippen molar-refractivity contribution in [3.8, 4) is 0 Å². The summed E-state index contributed by atoms with van der Waals surface area (Å²) >= 11 is 0. The monoisotopic (exact) mass is 267 g/mol. The SMILES string of the molecule is COC1(C(NN)c2cncc(F)c2)CCCC(C)C1. The number of nitrogens with two attached hydrogens (primary N) is 1. The predicted molar refractivity (Wildman–Crippen MR) is 71.6 cm³/mol. The molecular formula is C14H22FN3O. The lowest BCUT2D eigenvalue weighted by Crippen LogP contribution is -2.50. The predicted octanol–water partition coefficient (Wildman–Crippen LogP) is 2.32. The molecule has 1 aromatic rings. The molecule has 0 saturated heterocycles. The second-order valence-corrected chi connectivity index (χ2v) is 5.51. The number of hydrogen-bond acceptors (Lipinski definition) is 4. The Morgan fingerprint density at radius 2 is 2.37 bits per heavy atom. The Kier molecular flexibility index (Phi) is 4.50. The van der Waals surface area contributed by atoms with Crippen molar-refractivity contribution in [1.29, 1.82) is 0 Å². The summed E-state index contributed by atoms with van der Waals surface area (Å²) in [5, 5.41) is 0. The second kappa shape index (κ2) is 5.94. The van der Waals surface area contributed by atoms with E-state index in [9.17, 15) is 4.39 Å². The first-order chi connectivity index (χ1) is 9.11. The van der Waals surface area contributed by atoms with Gasteiger partial charge >= 0.3 is 0 Å². The molecule has 1 fully saturated rings. The number of hydrogen-bond donors (Lipinski definition) is 2. The number of ether oxygens (including phenoxy) is 1. The molecule has 0 amide bonds. The third kappa shape index (κ3) is 2.94. The van der Waals surface area contributed by atoms with Crippen LogP contribution in [0.3, 0.4) is 0 Å². The van der Waals surface area contributed by atoms with E-state index in [2.05, 4.69) is 17.3 Å². The lowest BCUT2D eigenvalue weighted by atomic mass is 9.73. The van der Waals surface area contributed by atoms with Gasteiger partial charge in [-0.2, -0.15) is 0 Å². The summed E-state index contributed by atoms with van der Waals surface area (Å²) in [4.78, 5) is 3.91. The topological polar surface area (TPSA) is 60.2 Å². The van der Waals surface area contributed by atoms with Crippen molar-refractivity contribution in [2.24, 2.45) is 11.8 Å². The van der Waals surface area contributed by atoms with Crippen LogP contribution in [-0.4, -0.2) is 17.7 Å². The van der Waals surface area contributed by atoms with Crippen LogP contribution in [0.15, 0.2) is 18.5 Å². The summed E-state index contributed by atoms with van der Waals surface area (Å²) in [6, 6.07) is 1.22. The average Bonchev–Trinajstić information content (AvgIpc) is 2.39. The molecule has 3 atom stereocenters. The second-order valence-electron chi connectivity index (χ2n) is 5.51. The molecule has 1 aromatic heterocycles. The molecule has 5 heteroatoms. The molecule has 3 N–H and O–H groups in total. The first kappa shape index (κ1) is 14.4. The highest BCUT2D eigenvalue weighted by atomic mass is 19.1. The molecule has 0 aliphatic heterocycles. The van der Waals surface area contributed by atoms with Gasteiger partial charge in [0.2, 0.25) is 0 Å². The van der Waals surface area contributed by atoms with Crippen molar-refractivity contribution in [1.82, 2.24) is 10.4 Å². The molecule has 4 nitrogen and oxygen atoms in total. The van der Waals surface area contributed by atoms with Crippen LogP contribution in [0.2, 0.25) is 0 Å². The summed E-state index contributed by atoms with van der Waals surface area (Å²) in [5.74, 6) is 5.93. The third-order valence-electron chi connectivity index (χ3n) is 4.15. The van der Waals surface area contributed by atoms with Crippen molar-refractivity contribution < 1.29 is 9.13 Å². The molecule has 1 saturated carbocycles. The molecule has 0 radical (unpaired) electrons. The number of pyridine rings is 1. The van der Waals surface area contributed by atoms with Gasteiger partial charge in [0.25, 0.3) is 0 Å². The number of nitrogens with one attached hydrogen (secondary N) is 1.